The number of hydrogen-bond acceptors (Lipinski definition) is 26. The molecule has 0 bridgehead atoms. The molecule has 88 heavy (non-hydrogen) atoms. The summed E-state index contributed by atoms with van der Waals surface area (Å²) in [4.78, 5) is 39.2. The van der Waals surface area contributed by atoms with E-state index in [1.807, 2.05) is 27.7 Å². The van der Waals surface area contributed by atoms with Gasteiger partial charge in [0.1, 0.15) is 104 Å². The lowest BCUT2D eigenvalue weighted by molar-refractivity contribution is -0.406. The van der Waals surface area contributed by atoms with Crippen molar-refractivity contribution in [2.75, 3.05) is 19.8 Å². The molecule has 0 aromatic heterocycles. The lowest BCUT2D eigenvalue weighted by atomic mass is 9.33. The van der Waals surface area contributed by atoms with Crippen LogP contribution in [0.4, 0.5) is 0 Å². The number of hydrogen-bond donors (Lipinski definition) is 14. The molecular weight excluding hydrogens is 1160 g/mol. The van der Waals surface area contributed by atoms with Crippen LogP contribution in [-0.4, -0.2) is 256 Å². The molecule has 0 unspecified atom stereocenters. The number of carbonyl (C=O) groups is 3. The fraction of sp³-hybridized carbons (Fsp3) is 0.885. The predicted molar refractivity (Wildman–Crippen MR) is 299 cm³/mol. The largest absolute Gasteiger partial charge is 0.479 e. The van der Waals surface area contributed by atoms with E-state index in [1.165, 1.54) is 13.8 Å². The fourth-order valence-corrected chi connectivity index (χ4v) is 17.5. The Morgan fingerprint density at radius 2 is 1.20 bits per heavy atom. The molecule has 0 amide bonds. The maximum Gasteiger partial charge on any atom is 0.335 e. The van der Waals surface area contributed by atoms with Crippen LogP contribution in [0.3, 0.4) is 0 Å². The standard InChI is InChI=1S/C61H96O27/c1-12-24(2)51(78)88-49-48(75)61(23-79-26(4)64)28(19-56(49,5)6)27-13-14-32-58(9)17-16-34(57(7,8)31(58)15-18-59(32,10)60(27,11)20-33(61)65)83-55-47(87-53-42(73)39(70)36(67)29(21-62)81-53)44(43(74)45(85-55)50(76)77)84-54-46(40(71)37(68)30(22-63)82-54)86-52-41(72)38(69)35(66)25(3)80-52/h12-13,25,28-49,52-55,62-63,65-75H,14-23H2,1-11H3,(H,76,77)/b24-12+/t25-,28-,29+,30+,31-,32+,33+,34-,35-,36+,37-,38+,39-,40-,41+,42+,43-,44-,45-,46+,47+,48-,49-,52-,53-,54-,55+,58-,59+,60+,61-/m0/s1. The Morgan fingerprint density at radius 1 is 0.636 bits per heavy atom. The van der Waals surface area contributed by atoms with Gasteiger partial charge in [0, 0.05) is 17.9 Å². The highest BCUT2D eigenvalue weighted by Gasteiger charge is 2.74. The topological polar surface area (TPSA) is 427 Å². The van der Waals surface area contributed by atoms with E-state index in [-0.39, 0.29) is 24.9 Å². The summed E-state index contributed by atoms with van der Waals surface area (Å²) < 4.78 is 61.0. The highest BCUT2D eigenvalue weighted by atomic mass is 16.8. The number of carboxylic acid groups (broad SMARTS) is 1. The maximum absolute atomic E-state index is 13.4. The van der Waals surface area contributed by atoms with Gasteiger partial charge >= 0.3 is 17.9 Å². The summed E-state index contributed by atoms with van der Waals surface area (Å²) in [6, 6.07) is 0. The summed E-state index contributed by atoms with van der Waals surface area (Å²) in [5.41, 5.74) is -3.32. The number of aliphatic carboxylic acids is 1. The second-order valence-electron chi connectivity index (χ2n) is 28.5. The number of rotatable bonds is 15. The van der Waals surface area contributed by atoms with Crippen molar-refractivity contribution < 1.29 is 133 Å². The molecule has 0 spiro atoms. The molecule has 14 N–H and O–H groups in total. The summed E-state index contributed by atoms with van der Waals surface area (Å²) in [6.07, 6.45) is -35.5. The van der Waals surface area contributed by atoms with Crippen LogP contribution in [0.25, 0.3) is 0 Å². The normalized spacial score (nSPS) is 50.9. The molecule has 9 aliphatic rings. The van der Waals surface area contributed by atoms with E-state index < -0.39 is 217 Å². The third-order valence-corrected chi connectivity index (χ3v) is 23.0. The van der Waals surface area contributed by atoms with Crippen molar-refractivity contribution in [1.29, 1.82) is 0 Å². The van der Waals surface area contributed by atoms with E-state index in [1.54, 1.807) is 19.9 Å². The molecule has 8 fully saturated rings. The lowest BCUT2D eigenvalue weighted by Gasteiger charge is -2.72. The van der Waals surface area contributed by atoms with Gasteiger partial charge in [0.15, 0.2) is 31.3 Å². The van der Waals surface area contributed by atoms with Gasteiger partial charge in [-0.05, 0) is 105 Å². The Balaban J connectivity index is 1.05. The first-order chi connectivity index (χ1) is 41.0. The Bertz CT molecular complexity index is 2580. The van der Waals surface area contributed by atoms with Crippen molar-refractivity contribution in [2.45, 2.75) is 268 Å². The zero-order valence-electron chi connectivity index (χ0n) is 51.9. The monoisotopic (exact) mass is 1260 g/mol. The minimum absolute atomic E-state index is 0.0311. The molecule has 4 saturated carbocycles. The van der Waals surface area contributed by atoms with E-state index in [0.717, 1.165) is 5.57 Å². The smallest absolute Gasteiger partial charge is 0.335 e. The average Bonchev–Trinajstić information content (AvgIpc) is 0.674. The predicted octanol–water partition coefficient (Wildman–Crippen LogP) is -1.44. The van der Waals surface area contributed by atoms with E-state index in [9.17, 15) is 85.9 Å². The van der Waals surface area contributed by atoms with Gasteiger partial charge in [-0.15, -0.1) is 0 Å². The number of carboxylic acids is 1. The SMILES string of the molecule is C/C=C(\C)C(=O)O[C@H]1[C@H](O)[C@]2(COC(C)=O)[C@H](O)C[C@]3(C)C(=CC[C@@H]4[C@@]5(C)CC[C@H](O[C@@H]6O[C@H](C(=O)O)[C@@H](O)[C@H](O[C@@H]7O[C@H](CO)[C@H](O)[C@H](O)[C@H]7O[C@@H]7O[C@@H](C)[C@H](O)[C@@H](O)[C@H]7O)[C@H]6O[C@@H]6O[C@H](CO)[C@@H](O)[C@H](O)[C@H]6O)C(C)(C)[C@@H]5CC[C@]43C)[C@@H]2CC1(C)C. The molecule has 502 valence electrons. The number of fused-ring (bicyclic) bond motifs is 7. The highest BCUT2D eigenvalue weighted by Crippen LogP contribution is 2.76. The van der Waals surface area contributed by atoms with Crippen LogP contribution < -0.4 is 0 Å². The lowest BCUT2D eigenvalue weighted by Crippen LogP contribution is -2.72. The number of ether oxygens (including phenoxy) is 10. The maximum atomic E-state index is 13.4. The molecule has 5 aliphatic carbocycles. The first kappa shape index (κ1) is 69.4. The van der Waals surface area contributed by atoms with Gasteiger partial charge in [0.25, 0.3) is 0 Å². The van der Waals surface area contributed by atoms with Gasteiger partial charge in [-0.2, -0.15) is 0 Å². The third-order valence-electron chi connectivity index (χ3n) is 23.0. The van der Waals surface area contributed by atoms with E-state index in [4.69, 9.17) is 47.4 Å². The molecule has 0 aromatic carbocycles. The first-order valence-electron chi connectivity index (χ1n) is 30.9. The third kappa shape index (κ3) is 11.4. The number of aliphatic hydroxyl groups is 13. The van der Waals surface area contributed by atoms with Gasteiger partial charge in [-0.25, -0.2) is 9.59 Å². The second-order valence-corrected chi connectivity index (χ2v) is 28.5. The van der Waals surface area contributed by atoms with Crippen molar-refractivity contribution in [3.8, 4) is 0 Å². The van der Waals surface area contributed by atoms with Gasteiger partial charge < -0.3 is 119 Å². The van der Waals surface area contributed by atoms with Crippen LogP contribution in [-0.2, 0) is 61.8 Å². The molecule has 9 rings (SSSR count). The molecule has 31 atom stereocenters. The number of carbonyl (C=O) groups excluding carboxylic acids is 2. The molecule has 0 aromatic rings. The number of aliphatic hydroxyl groups excluding tert-OH is 13. The number of allylic oxidation sites excluding steroid dienone is 3. The van der Waals surface area contributed by atoms with Crippen molar-refractivity contribution in [3.05, 3.63) is 23.3 Å². The van der Waals surface area contributed by atoms with Crippen LogP contribution in [0, 0.1) is 50.2 Å². The Kier molecular flexibility index (Phi) is 20.0. The van der Waals surface area contributed by atoms with Gasteiger partial charge in [-0.1, -0.05) is 66.2 Å². The minimum Gasteiger partial charge on any atom is -0.479 e. The first-order valence-corrected chi connectivity index (χ1v) is 30.9. The Morgan fingerprint density at radius 3 is 1.81 bits per heavy atom. The average molecular weight is 1260 g/mol. The molecule has 27 nitrogen and oxygen atoms in total. The van der Waals surface area contributed by atoms with Crippen LogP contribution in [0.2, 0.25) is 0 Å². The Labute approximate surface area is 511 Å². The summed E-state index contributed by atoms with van der Waals surface area (Å²) >= 11 is 0. The van der Waals surface area contributed by atoms with Crippen LogP contribution in [0.5, 0.6) is 0 Å². The molecule has 0 radical (unpaired) electrons. The van der Waals surface area contributed by atoms with E-state index in [0.29, 0.717) is 44.1 Å². The zero-order valence-corrected chi connectivity index (χ0v) is 51.9. The van der Waals surface area contributed by atoms with Crippen LogP contribution >= 0.6 is 0 Å². The van der Waals surface area contributed by atoms with Gasteiger partial charge in [0.2, 0.25) is 0 Å². The van der Waals surface area contributed by atoms with Crippen LogP contribution in [0.1, 0.15) is 121 Å². The highest BCUT2D eigenvalue weighted by molar-refractivity contribution is 5.87. The fourth-order valence-electron chi connectivity index (χ4n) is 17.5. The summed E-state index contributed by atoms with van der Waals surface area (Å²) in [6.45, 7) is 18.4. The molecule has 4 aliphatic heterocycles. The van der Waals surface area contributed by atoms with Crippen molar-refractivity contribution in [3.63, 3.8) is 0 Å². The quantitative estimate of drug-likeness (QED) is 0.0386. The van der Waals surface area contributed by atoms with Crippen molar-refractivity contribution in [1.82, 2.24) is 0 Å². The number of esters is 2. The van der Waals surface area contributed by atoms with Crippen LogP contribution in [0.15, 0.2) is 23.3 Å². The van der Waals surface area contributed by atoms with Crippen molar-refractivity contribution >= 4 is 17.9 Å². The summed E-state index contributed by atoms with van der Waals surface area (Å²) in [5, 5.41) is 157. The van der Waals surface area contributed by atoms with Gasteiger partial charge in [-0.3, -0.25) is 4.79 Å². The van der Waals surface area contributed by atoms with E-state index in [2.05, 4.69) is 26.8 Å². The summed E-state index contributed by atoms with van der Waals surface area (Å²) in [5.74, 6) is -3.61. The van der Waals surface area contributed by atoms with Gasteiger partial charge in [0.05, 0.1) is 36.9 Å². The van der Waals surface area contributed by atoms with Crippen molar-refractivity contribution in [2.24, 2.45) is 50.2 Å². The zero-order chi connectivity index (χ0) is 65.0. The summed E-state index contributed by atoms with van der Waals surface area (Å²) in [7, 11) is 0. The molecule has 4 saturated heterocycles. The Hall–Kier alpha value is -2.95. The molecule has 27 heteroatoms. The second kappa shape index (κ2) is 25.4. The molecular formula is C61H96O27. The van der Waals surface area contributed by atoms with E-state index >= 15 is 0 Å². The molecule has 4 heterocycles. The minimum atomic E-state index is -2.29.